The fourth-order valence-corrected chi connectivity index (χ4v) is 2.15. The maximum absolute atomic E-state index is 11.1. The monoisotopic (exact) mass is 238 g/mol. The van der Waals surface area contributed by atoms with Crippen LogP contribution in [0.4, 0.5) is 0 Å². The number of esters is 1. The SMILES string of the molecule is COC(=O)Cc1cccc(O[Si](C)(C)C)c1. The molecule has 0 N–H and O–H groups in total. The molecule has 0 atom stereocenters. The number of ether oxygens (including phenoxy) is 1. The molecule has 0 saturated heterocycles. The molecule has 0 aliphatic heterocycles. The molecule has 88 valence electrons. The molecule has 4 heteroatoms. The normalized spacial score (nSPS) is 11.0. The summed E-state index contributed by atoms with van der Waals surface area (Å²) in [4.78, 5) is 11.1. The van der Waals surface area contributed by atoms with Crippen LogP contribution in [-0.2, 0) is 16.0 Å². The van der Waals surface area contributed by atoms with Crippen molar-refractivity contribution >= 4 is 14.3 Å². The lowest BCUT2D eigenvalue weighted by Crippen LogP contribution is -2.29. The van der Waals surface area contributed by atoms with E-state index in [1.54, 1.807) is 0 Å². The van der Waals surface area contributed by atoms with E-state index in [4.69, 9.17) is 4.43 Å². The Bertz CT molecular complexity index is 369. The van der Waals surface area contributed by atoms with Crippen molar-refractivity contribution in [2.24, 2.45) is 0 Å². The van der Waals surface area contributed by atoms with Gasteiger partial charge >= 0.3 is 5.97 Å². The van der Waals surface area contributed by atoms with Crippen LogP contribution in [0.25, 0.3) is 0 Å². The van der Waals surface area contributed by atoms with Crippen molar-refractivity contribution in [2.75, 3.05) is 7.11 Å². The van der Waals surface area contributed by atoms with Crippen LogP contribution in [0.1, 0.15) is 5.56 Å². The molecular formula is C12H18O3Si. The van der Waals surface area contributed by atoms with Gasteiger partial charge in [-0.3, -0.25) is 4.79 Å². The summed E-state index contributed by atoms with van der Waals surface area (Å²) in [6, 6.07) is 7.61. The van der Waals surface area contributed by atoms with Gasteiger partial charge in [0.15, 0.2) is 0 Å². The van der Waals surface area contributed by atoms with Gasteiger partial charge in [0.2, 0.25) is 8.32 Å². The van der Waals surface area contributed by atoms with E-state index in [9.17, 15) is 4.79 Å². The first-order valence-electron chi connectivity index (χ1n) is 5.25. The van der Waals surface area contributed by atoms with Gasteiger partial charge in [0.1, 0.15) is 5.75 Å². The smallest absolute Gasteiger partial charge is 0.309 e. The average Bonchev–Trinajstić information content (AvgIpc) is 2.15. The molecule has 0 fully saturated rings. The third-order valence-corrected chi connectivity index (χ3v) is 2.75. The van der Waals surface area contributed by atoms with E-state index in [1.165, 1.54) is 7.11 Å². The highest BCUT2D eigenvalue weighted by atomic mass is 28.4. The van der Waals surface area contributed by atoms with Gasteiger partial charge in [-0.25, -0.2) is 0 Å². The van der Waals surface area contributed by atoms with E-state index in [2.05, 4.69) is 24.4 Å². The van der Waals surface area contributed by atoms with Crippen LogP contribution < -0.4 is 4.43 Å². The van der Waals surface area contributed by atoms with Crippen LogP contribution in [0.2, 0.25) is 19.6 Å². The summed E-state index contributed by atoms with van der Waals surface area (Å²) in [7, 11) is -0.192. The van der Waals surface area contributed by atoms with Crippen molar-refractivity contribution in [3.63, 3.8) is 0 Å². The highest BCUT2D eigenvalue weighted by Gasteiger charge is 2.16. The minimum atomic E-state index is -1.59. The van der Waals surface area contributed by atoms with Gasteiger partial charge < -0.3 is 9.16 Å². The fraction of sp³-hybridized carbons (Fsp3) is 0.417. The number of carbonyl (C=O) groups excluding carboxylic acids is 1. The molecule has 0 radical (unpaired) electrons. The third-order valence-electron chi connectivity index (χ3n) is 1.90. The highest BCUT2D eigenvalue weighted by molar-refractivity contribution is 6.70. The van der Waals surface area contributed by atoms with Crippen molar-refractivity contribution in [1.82, 2.24) is 0 Å². The summed E-state index contributed by atoms with van der Waals surface area (Å²) in [5.74, 6) is 0.603. The fourth-order valence-electron chi connectivity index (χ4n) is 1.31. The number of hydrogen-bond donors (Lipinski definition) is 0. The predicted octanol–water partition coefficient (Wildman–Crippen LogP) is 2.62. The number of methoxy groups -OCH3 is 1. The molecule has 0 amide bonds. The van der Waals surface area contributed by atoms with Crippen molar-refractivity contribution < 1.29 is 14.0 Å². The summed E-state index contributed by atoms with van der Waals surface area (Å²) >= 11 is 0. The van der Waals surface area contributed by atoms with Crippen LogP contribution in [0.5, 0.6) is 5.75 Å². The lowest BCUT2D eigenvalue weighted by molar-refractivity contribution is -0.139. The Hall–Kier alpha value is -1.29. The molecule has 1 aromatic rings. The summed E-state index contributed by atoms with van der Waals surface area (Å²) < 4.78 is 10.5. The molecule has 0 heterocycles. The quantitative estimate of drug-likeness (QED) is 0.597. The van der Waals surface area contributed by atoms with Crippen LogP contribution in [0, 0.1) is 0 Å². The molecule has 1 rings (SSSR count). The van der Waals surface area contributed by atoms with Gasteiger partial charge in [-0.15, -0.1) is 0 Å². The standard InChI is InChI=1S/C12H18O3Si/c1-14-12(13)9-10-6-5-7-11(8-10)15-16(2,3)4/h5-8H,9H2,1-4H3. The van der Waals surface area contributed by atoms with Crippen LogP contribution >= 0.6 is 0 Å². The average molecular weight is 238 g/mol. The number of benzene rings is 1. The molecule has 3 nitrogen and oxygen atoms in total. The van der Waals surface area contributed by atoms with E-state index in [1.807, 2.05) is 24.3 Å². The van der Waals surface area contributed by atoms with Crippen LogP contribution in [0.15, 0.2) is 24.3 Å². The minimum Gasteiger partial charge on any atom is -0.544 e. The second-order valence-electron chi connectivity index (χ2n) is 4.61. The van der Waals surface area contributed by atoms with Gasteiger partial charge in [-0.2, -0.15) is 0 Å². The Morgan fingerprint density at radius 2 is 2.00 bits per heavy atom. The van der Waals surface area contributed by atoms with Crippen molar-refractivity contribution in [1.29, 1.82) is 0 Å². The van der Waals surface area contributed by atoms with E-state index in [-0.39, 0.29) is 5.97 Å². The van der Waals surface area contributed by atoms with E-state index in [0.717, 1.165) is 11.3 Å². The maximum Gasteiger partial charge on any atom is 0.309 e. The van der Waals surface area contributed by atoms with Gasteiger partial charge in [-0.05, 0) is 37.3 Å². The zero-order valence-corrected chi connectivity index (χ0v) is 11.2. The van der Waals surface area contributed by atoms with Crippen LogP contribution in [-0.4, -0.2) is 21.4 Å². The van der Waals surface area contributed by atoms with Gasteiger partial charge in [0.05, 0.1) is 13.5 Å². The lowest BCUT2D eigenvalue weighted by Gasteiger charge is -2.19. The second-order valence-corrected chi connectivity index (χ2v) is 9.04. The summed E-state index contributed by atoms with van der Waals surface area (Å²) in [6.45, 7) is 6.37. The number of carbonyl (C=O) groups is 1. The molecule has 0 spiro atoms. The molecule has 16 heavy (non-hydrogen) atoms. The zero-order valence-electron chi connectivity index (χ0n) is 10.2. The molecule has 0 bridgehead atoms. The van der Waals surface area contributed by atoms with Crippen molar-refractivity contribution in [3.8, 4) is 5.75 Å². The van der Waals surface area contributed by atoms with E-state index in [0.29, 0.717) is 6.42 Å². The lowest BCUT2D eigenvalue weighted by atomic mass is 10.1. The molecule has 0 saturated carbocycles. The highest BCUT2D eigenvalue weighted by Crippen LogP contribution is 2.18. The van der Waals surface area contributed by atoms with E-state index >= 15 is 0 Å². The molecule has 0 unspecified atom stereocenters. The zero-order chi connectivity index (χ0) is 12.2. The summed E-state index contributed by atoms with van der Waals surface area (Å²) in [5, 5.41) is 0. The largest absolute Gasteiger partial charge is 0.544 e. The first-order chi connectivity index (χ1) is 7.40. The Balaban J connectivity index is 2.75. The molecular weight excluding hydrogens is 220 g/mol. The molecule has 0 aliphatic rings. The van der Waals surface area contributed by atoms with Gasteiger partial charge in [-0.1, -0.05) is 12.1 Å². The minimum absolute atomic E-state index is 0.231. The van der Waals surface area contributed by atoms with Crippen molar-refractivity contribution in [2.45, 2.75) is 26.1 Å². The predicted molar refractivity (Wildman–Crippen MR) is 66.1 cm³/mol. The Kier molecular flexibility index (Phi) is 4.12. The number of rotatable bonds is 4. The number of hydrogen-bond acceptors (Lipinski definition) is 3. The molecule has 1 aromatic carbocycles. The summed E-state index contributed by atoms with van der Waals surface area (Å²) in [6.07, 6.45) is 0.291. The van der Waals surface area contributed by atoms with Crippen molar-refractivity contribution in [3.05, 3.63) is 29.8 Å². The first-order valence-corrected chi connectivity index (χ1v) is 8.66. The topological polar surface area (TPSA) is 35.5 Å². The van der Waals surface area contributed by atoms with Gasteiger partial charge in [0, 0.05) is 0 Å². The first kappa shape index (κ1) is 12.8. The summed E-state index contributed by atoms with van der Waals surface area (Å²) in [5.41, 5.74) is 0.919. The van der Waals surface area contributed by atoms with E-state index < -0.39 is 8.32 Å². The second kappa shape index (κ2) is 5.16. The molecule has 0 aliphatic carbocycles. The van der Waals surface area contributed by atoms with Crippen LogP contribution in [0.3, 0.4) is 0 Å². The Labute approximate surface area is 97.5 Å². The molecule has 0 aromatic heterocycles. The Morgan fingerprint density at radius 3 is 2.56 bits per heavy atom. The maximum atomic E-state index is 11.1. The Morgan fingerprint density at radius 1 is 1.31 bits per heavy atom. The third kappa shape index (κ3) is 4.48. The van der Waals surface area contributed by atoms with Gasteiger partial charge in [0.25, 0.3) is 0 Å².